The van der Waals surface area contributed by atoms with Gasteiger partial charge in [-0.05, 0) is 36.4 Å². The fraction of sp³-hybridized carbons (Fsp3) is 0.0526. The molecule has 25 heavy (non-hydrogen) atoms. The number of carbonyl (C=O) groups excluding carboxylic acids is 1. The largest absolute Gasteiger partial charge is 0.484 e. The molecule has 126 valence electrons. The zero-order chi connectivity index (χ0) is 17.5. The van der Waals surface area contributed by atoms with Crippen LogP contribution in [-0.4, -0.2) is 17.5 Å². The van der Waals surface area contributed by atoms with Gasteiger partial charge in [0.15, 0.2) is 6.61 Å². The molecule has 5 nitrogen and oxygen atoms in total. The number of para-hydroxylation sites is 2. The predicted octanol–water partition coefficient (Wildman–Crippen LogP) is 4.50. The van der Waals surface area contributed by atoms with Gasteiger partial charge in [0, 0.05) is 0 Å². The molecule has 0 fully saturated rings. The molecule has 3 rings (SSSR count). The second-order valence-corrected chi connectivity index (χ2v) is 5.59. The summed E-state index contributed by atoms with van der Waals surface area (Å²) in [6.45, 7) is -0.0781. The number of anilines is 3. The van der Waals surface area contributed by atoms with Crippen LogP contribution in [0.5, 0.6) is 5.75 Å². The van der Waals surface area contributed by atoms with E-state index >= 15 is 0 Å². The van der Waals surface area contributed by atoms with Crippen LogP contribution in [0.4, 0.5) is 17.2 Å². The summed E-state index contributed by atoms with van der Waals surface area (Å²) < 4.78 is 5.39. The number of nitrogens with one attached hydrogen (secondary N) is 2. The predicted molar refractivity (Wildman–Crippen MR) is 99.5 cm³/mol. The SMILES string of the molecule is O=C(COc1ccccc1)Nc1ccc(Nc2ccccc2Cl)cn1. The highest BCUT2D eigenvalue weighted by atomic mass is 35.5. The van der Waals surface area contributed by atoms with Crippen molar-refractivity contribution >= 4 is 34.7 Å². The number of halogens is 1. The second-order valence-electron chi connectivity index (χ2n) is 5.19. The van der Waals surface area contributed by atoms with Gasteiger partial charge in [-0.2, -0.15) is 0 Å². The number of aromatic nitrogens is 1. The quantitative estimate of drug-likeness (QED) is 0.685. The van der Waals surface area contributed by atoms with Gasteiger partial charge in [-0.25, -0.2) is 4.98 Å². The summed E-state index contributed by atoms with van der Waals surface area (Å²) in [6.07, 6.45) is 1.62. The van der Waals surface area contributed by atoms with E-state index in [-0.39, 0.29) is 12.5 Å². The number of amides is 1. The Kier molecular flexibility index (Phi) is 5.49. The monoisotopic (exact) mass is 353 g/mol. The highest BCUT2D eigenvalue weighted by molar-refractivity contribution is 6.33. The van der Waals surface area contributed by atoms with Crippen molar-refractivity contribution in [3.63, 3.8) is 0 Å². The topological polar surface area (TPSA) is 63.2 Å². The maximum absolute atomic E-state index is 11.9. The van der Waals surface area contributed by atoms with Crippen LogP contribution in [0.25, 0.3) is 0 Å². The molecule has 6 heteroatoms. The third-order valence-electron chi connectivity index (χ3n) is 3.30. The molecule has 0 aliphatic carbocycles. The van der Waals surface area contributed by atoms with Gasteiger partial charge in [-0.1, -0.05) is 41.9 Å². The number of hydrogen-bond donors (Lipinski definition) is 2. The van der Waals surface area contributed by atoms with E-state index in [0.29, 0.717) is 16.6 Å². The molecule has 0 unspecified atom stereocenters. The number of benzene rings is 2. The van der Waals surface area contributed by atoms with Crippen molar-refractivity contribution in [3.8, 4) is 5.75 Å². The van der Waals surface area contributed by atoms with Crippen molar-refractivity contribution in [2.45, 2.75) is 0 Å². The van der Waals surface area contributed by atoms with Gasteiger partial charge < -0.3 is 15.4 Å². The first-order valence-corrected chi connectivity index (χ1v) is 8.04. The summed E-state index contributed by atoms with van der Waals surface area (Å²) >= 11 is 6.11. The summed E-state index contributed by atoms with van der Waals surface area (Å²) in [7, 11) is 0. The molecule has 1 heterocycles. The van der Waals surface area contributed by atoms with E-state index in [4.69, 9.17) is 16.3 Å². The van der Waals surface area contributed by atoms with Crippen LogP contribution >= 0.6 is 11.6 Å². The third kappa shape index (κ3) is 4.96. The molecule has 0 aliphatic heterocycles. The van der Waals surface area contributed by atoms with Crippen molar-refractivity contribution in [3.05, 3.63) is 77.9 Å². The number of rotatable bonds is 6. The van der Waals surface area contributed by atoms with E-state index < -0.39 is 0 Å². The Morgan fingerprint density at radius 3 is 2.48 bits per heavy atom. The Bertz CT molecular complexity index is 839. The molecular formula is C19H16ClN3O2. The molecule has 2 aromatic carbocycles. The van der Waals surface area contributed by atoms with E-state index in [1.54, 1.807) is 30.5 Å². The zero-order valence-corrected chi connectivity index (χ0v) is 14.0. The first-order chi connectivity index (χ1) is 12.2. The Morgan fingerprint density at radius 1 is 1.00 bits per heavy atom. The number of nitrogens with zero attached hydrogens (tertiary/aromatic N) is 1. The van der Waals surface area contributed by atoms with E-state index in [1.807, 2.05) is 42.5 Å². The van der Waals surface area contributed by atoms with Crippen LogP contribution in [0.3, 0.4) is 0 Å². The average molecular weight is 354 g/mol. The molecule has 0 radical (unpaired) electrons. The molecule has 0 atom stereocenters. The Balaban J connectivity index is 1.53. The van der Waals surface area contributed by atoms with Crippen molar-refractivity contribution in [2.24, 2.45) is 0 Å². The lowest BCUT2D eigenvalue weighted by Crippen LogP contribution is -2.20. The molecule has 0 saturated heterocycles. The fourth-order valence-electron chi connectivity index (χ4n) is 2.10. The standard InChI is InChI=1S/C19H16ClN3O2/c20-16-8-4-5-9-17(16)22-14-10-11-18(21-12-14)23-19(24)13-25-15-6-2-1-3-7-15/h1-12,22H,13H2,(H,21,23,24). The van der Waals surface area contributed by atoms with E-state index in [2.05, 4.69) is 15.6 Å². The van der Waals surface area contributed by atoms with Crippen molar-refractivity contribution < 1.29 is 9.53 Å². The van der Waals surface area contributed by atoms with Crippen LogP contribution in [0.15, 0.2) is 72.9 Å². The lowest BCUT2D eigenvalue weighted by molar-refractivity contribution is -0.118. The maximum atomic E-state index is 11.9. The Hall–Kier alpha value is -3.05. The zero-order valence-electron chi connectivity index (χ0n) is 13.3. The number of ether oxygens (including phenoxy) is 1. The minimum atomic E-state index is -0.275. The van der Waals surface area contributed by atoms with Crippen molar-refractivity contribution in [1.82, 2.24) is 4.98 Å². The summed E-state index contributed by atoms with van der Waals surface area (Å²) in [5.41, 5.74) is 1.56. The molecule has 1 aromatic heterocycles. The van der Waals surface area contributed by atoms with Crippen LogP contribution < -0.4 is 15.4 Å². The molecule has 0 saturated carbocycles. The van der Waals surface area contributed by atoms with Gasteiger partial charge in [0.25, 0.3) is 5.91 Å². The molecule has 0 spiro atoms. The Labute approximate surface area is 150 Å². The van der Waals surface area contributed by atoms with Crippen molar-refractivity contribution in [1.29, 1.82) is 0 Å². The molecule has 2 N–H and O–H groups in total. The summed E-state index contributed by atoms with van der Waals surface area (Å²) in [5.74, 6) is 0.819. The lowest BCUT2D eigenvalue weighted by Gasteiger charge is -2.09. The van der Waals surface area contributed by atoms with Gasteiger partial charge >= 0.3 is 0 Å². The molecule has 1 amide bonds. The molecule has 0 aliphatic rings. The van der Waals surface area contributed by atoms with Crippen LogP contribution in [-0.2, 0) is 4.79 Å². The Morgan fingerprint density at radius 2 is 1.76 bits per heavy atom. The molecular weight excluding hydrogens is 338 g/mol. The highest BCUT2D eigenvalue weighted by Gasteiger charge is 2.05. The van der Waals surface area contributed by atoms with E-state index in [1.165, 1.54) is 0 Å². The van der Waals surface area contributed by atoms with Gasteiger partial charge in [0.1, 0.15) is 11.6 Å². The van der Waals surface area contributed by atoms with Gasteiger partial charge in [0.2, 0.25) is 0 Å². The van der Waals surface area contributed by atoms with Crippen LogP contribution in [0.2, 0.25) is 5.02 Å². The summed E-state index contributed by atoms with van der Waals surface area (Å²) in [6, 6.07) is 20.1. The normalized spacial score (nSPS) is 10.1. The van der Waals surface area contributed by atoms with Gasteiger partial charge in [0.05, 0.1) is 22.6 Å². The van der Waals surface area contributed by atoms with E-state index in [0.717, 1.165) is 11.4 Å². The number of pyridine rings is 1. The lowest BCUT2D eigenvalue weighted by atomic mass is 10.3. The van der Waals surface area contributed by atoms with Crippen LogP contribution in [0, 0.1) is 0 Å². The smallest absolute Gasteiger partial charge is 0.263 e. The van der Waals surface area contributed by atoms with Crippen LogP contribution in [0.1, 0.15) is 0 Å². The maximum Gasteiger partial charge on any atom is 0.263 e. The van der Waals surface area contributed by atoms with E-state index in [9.17, 15) is 4.79 Å². The minimum absolute atomic E-state index is 0.0781. The highest BCUT2D eigenvalue weighted by Crippen LogP contribution is 2.24. The summed E-state index contributed by atoms with van der Waals surface area (Å²) in [4.78, 5) is 16.1. The first-order valence-electron chi connectivity index (χ1n) is 7.66. The average Bonchev–Trinajstić information content (AvgIpc) is 2.64. The van der Waals surface area contributed by atoms with Gasteiger partial charge in [-0.3, -0.25) is 4.79 Å². The summed E-state index contributed by atoms with van der Waals surface area (Å²) in [5, 5.41) is 6.48. The fourth-order valence-corrected chi connectivity index (χ4v) is 2.29. The minimum Gasteiger partial charge on any atom is -0.484 e. The second kappa shape index (κ2) is 8.17. The third-order valence-corrected chi connectivity index (χ3v) is 3.63. The van der Waals surface area contributed by atoms with Gasteiger partial charge in [-0.15, -0.1) is 0 Å². The van der Waals surface area contributed by atoms with Crippen molar-refractivity contribution in [2.75, 3.05) is 17.2 Å². The number of hydrogen-bond acceptors (Lipinski definition) is 4. The molecule has 0 bridgehead atoms. The first kappa shape index (κ1) is 16.8. The molecule has 3 aromatic rings. The number of carbonyl (C=O) groups is 1.